The van der Waals surface area contributed by atoms with Gasteiger partial charge in [-0.2, -0.15) is 13.2 Å². The number of nitrogens with one attached hydrogen (secondary N) is 2. The van der Waals surface area contributed by atoms with E-state index in [-0.39, 0.29) is 78.3 Å². The largest absolute Gasteiger partial charge is 0.497 e. The number of H-pyrrole nitrogens is 2. The lowest BCUT2D eigenvalue weighted by Crippen LogP contribution is -2.38. The molecule has 0 bridgehead atoms. The molecule has 2 aliphatic heterocycles. The third-order valence-corrected chi connectivity index (χ3v) is 10.7. The Morgan fingerprint density at radius 1 is 0.814 bits per heavy atom. The van der Waals surface area contributed by atoms with Crippen LogP contribution in [0.5, 0.6) is 11.5 Å². The molecule has 12 nitrogen and oxygen atoms in total. The average Bonchev–Trinajstić information content (AvgIpc) is 3.73. The lowest BCUT2D eigenvalue weighted by atomic mass is 9.93. The smallest absolute Gasteiger partial charge is 0.418 e. The van der Waals surface area contributed by atoms with Gasteiger partial charge in [0.2, 0.25) is 0 Å². The lowest BCUT2D eigenvalue weighted by Gasteiger charge is -2.28. The second-order valence-electron chi connectivity index (χ2n) is 14.3. The number of rotatable bonds is 11. The summed E-state index contributed by atoms with van der Waals surface area (Å²) in [6, 6.07) is 22.0. The molecule has 0 radical (unpaired) electrons. The molecule has 2 aromatic heterocycles. The molecule has 0 spiro atoms. The maximum absolute atomic E-state index is 17.2. The van der Waals surface area contributed by atoms with Crippen LogP contribution in [0, 0.1) is 12.7 Å². The van der Waals surface area contributed by atoms with Gasteiger partial charge in [-0.1, -0.05) is 36.4 Å². The zero-order valence-electron chi connectivity index (χ0n) is 32.0. The van der Waals surface area contributed by atoms with Crippen LogP contribution in [0.25, 0.3) is 22.2 Å². The summed E-state index contributed by atoms with van der Waals surface area (Å²) < 4.78 is 73.5. The third-order valence-electron chi connectivity index (χ3n) is 10.7. The number of ether oxygens (including phenoxy) is 2. The van der Waals surface area contributed by atoms with E-state index in [0.29, 0.717) is 11.5 Å². The zero-order chi connectivity index (χ0) is 41.7. The van der Waals surface area contributed by atoms with E-state index in [9.17, 15) is 19.2 Å². The Balaban J connectivity index is 1.29. The molecule has 2 N–H and O–H groups in total. The molecule has 0 unspecified atom stereocenters. The number of benzene rings is 4. The van der Waals surface area contributed by atoms with Crippen molar-refractivity contribution in [2.24, 2.45) is 0 Å². The van der Waals surface area contributed by atoms with Crippen molar-refractivity contribution in [3.05, 3.63) is 144 Å². The zero-order valence-corrected chi connectivity index (χ0v) is 32.0. The minimum Gasteiger partial charge on any atom is -0.497 e. The molecule has 2 aliphatic rings. The number of imide groups is 1. The van der Waals surface area contributed by atoms with E-state index in [1.54, 1.807) is 46.2 Å². The molecular formula is C43H36F4N6O6. The number of pyridine rings is 1. The maximum atomic E-state index is 17.2. The van der Waals surface area contributed by atoms with Gasteiger partial charge in [-0.05, 0) is 78.1 Å². The van der Waals surface area contributed by atoms with Crippen LogP contribution in [-0.2, 0) is 25.7 Å². The topological polar surface area (TPSA) is 141 Å². The van der Waals surface area contributed by atoms with Crippen molar-refractivity contribution in [1.82, 2.24) is 19.9 Å². The fraction of sp³-hybridized carbons (Fsp3) is 0.233. The normalized spacial score (nSPS) is 13.6. The Bertz CT molecular complexity index is 2680. The van der Waals surface area contributed by atoms with Crippen molar-refractivity contribution < 1.29 is 36.6 Å². The summed E-state index contributed by atoms with van der Waals surface area (Å²) in [6.07, 6.45) is -5.04. The van der Waals surface area contributed by atoms with Crippen molar-refractivity contribution in [2.45, 2.75) is 32.6 Å². The van der Waals surface area contributed by atoms with Crippen LogP contribution in [0.15, 0.2) is 88.5 Å². The number of methoxy groups -OCH3 is 2. The van der Waals surface area contributed by atoms with Crippen molar-refractivity contribution >= 4 is 34.2 Å². The quantitative estimate of drug-likeness (QED) is 0.109. The van der Waals surface area contributed by atoms with E-state index in [1.807, 2.05) is 24.3 Å². The van der Waals surface area contributed by atoms with Gasteiger partial charge < -0.3 is 24.3 Å². The minimum absolute atomic E-state index is 0.0259. The first kappa shape index (κ1) is 38.9. The molecule has 0 aliphatic carbocycles. The SMILES string of the molecule is COc1ccc(CN(Cc2ccc(OC)cc2)c2cc(C)c(C(F)(F)F)c(-c3c4c(c5c(=O)[nH]c(=O)[nH]c5c3F)N(CCN3C(=O)c5ccccc5C3=O)CC4)n2)cc1. The predicted molar refractivity (Wildman–Crippen MR) is 212 cm³/mol. The number of carbonyl (C=O) groups is 2. The number of fused-ring (bicyclic) bond motifs is 4. The van der Waals surface area contributed by atoms with Gasteiger partial charge >= 0.3 is 11.9 Å². The van der Waals surface area contributed by atoms with Gasteiger partial charge in [-0.15, -0.1) is 0 Å². The van der Waals surface area contributed by atoms with Gasteiger partial charge in [0.1, 0.15) is 17.3 Å². The van der Waals surface area contributed by atoms with Crippen LogP contribution >= 0.6 is 0 Å². The number of anilines is 2. The summed E-state index contributed by atoms with van der Waals surface area (Å²) in [4.78, 5) is 65.9. The number of carbonyl (C=O) groups excluding carboxylic acids is 2. The average molecular weight is 809 g/mol. The van der Waals surface area contributed by atoms with Gasteiger partial charge in [0.05, 0.1) is 53.2 Å². The van der Waals surface area contributed by atoms with E-state index in [0.717, 1.165) is 16.0 Å². The lowest BCUT2D eigenvalue weighted by molar-refractivity contribution is -0.137. The van der Waals surface area contributed by atoms with Crippen LogP contribution < -0.4 is 30.5 Å². The van der Waals surface area contributed by atoms with Crippen LogP contribution in [0.2, 0.25) is 0 Å². The maximum Gasteiger partial charge on any atom is 0.418 e. The highest BCUT2D eigenvalue weighted by Crippen LogP contribution is 2.47. The van der Waals surface area contributed by atoms with Crippen LogP contribution in [0.3, 0.4) is 0 Å². The third kappa shape index (κ3) is 7.04. The number of aromatic nitrogens is 3. The van der Waals surface area contributed by atoms with Crippen molar-refractivity contribution in [2.75, 3.05) is 43.7 Å². The first-order chi connectivity index (χ1) is 28.3. The fourth-order valence-electron chi connectivity index (χ4n) is 7.96. The Morgan fingerprint density at radius 3 is 1.93 bits per heavy atom. The van der Waals surface area contributed by atoms with Gasteiger partial charge in [0.25, 0.3) is 17.4 Å². The molecule has 8 rings (SSSR count). The number of alkyl halides is 3. The molecule has 4 heterocycles. The molecular weight excluding hydrogens is 773 g/mol. The number of aryl methyl sites for hydroxylation is 1. The predicted octanol–water partition coefficient (Wildman–Crippen LogP) is 6.63. The monoisotopic (exact) mass is 808 g/mol. The Morgan fingerprint density at radius 2 is 1.39 bits per heavy atom. The standard InChI is InChI=1S/C43H36F4N6O6/c1-23-20-31(52(21-24-8-12-26(58-2)13-9-24)22-25-10-14-27(59-3)15-11-25)48-36(34(23)43(45,46)47)32-30-16-17-51(38(30)33-37(35(32)44)49-42(57)50-39(33)54)18-19-53-40(55)28-6-4-5-7-29(28)41(53)56/h4-15,20H,16-19,21-22H2,1-3H3,(H2,49,50,54,57). The highest BCUT2D eigenvalue weighted by atomic mass is 19.4. The number of nitrogens with zero attached hydrogens (tertiary/aromatic N) is 4. The summed E-state index contributed by atoms with van der Waals surface area (Å²) in [6.45, 7) is 1.53. The van der Waals surface area contributed by atoms with Crippen molar-refractivity contribution in [3.8, 4) is 22.8 Å². The summed E-state index contributed by atoms with van der Waals surface area (Å²) >= 11 is 0. The molecule has 4 aromatic carbocycles. The Labute approximate surface area is 333 Å². The number of halogens is 4. The summed E-state index contributed by atoms with van der Waals surface area (Å²) in [7, 11) is 3.06. The van der Waals surface area contributed by atoms with Crippen LogP contribution in [0.4, 0.5) is 29.1 Å². The van der Waals surface area contributed by atoms with Crippen LogP contribution in [-0.4, -0.2) is 65.5 Å². The number of amides is 2. The van der Waals surface area contributed by atoms with Crippen molar-refractivity contribution in [3.63, 3.8) is 0 Å². The van der Waals surface area contributed by atoms with Gasteiger partial charge in [-0.25, -0.2) is 14.2 Å². The van der Waals surface area contributed by atoms with Crippen LogP contribution in [0.1, 0.15) is 48.5 Å². The highest BCUT2D eigenvalue weighted by Gasteiger charge is 2.41. The summed E-state index contributed by atoms with van der Waals surface area (Å²) in [5, 5.41) is -0.289. The Hall–Kier alpha value is -6.97. The molecule has 0 fully saturated rings. The molecule has 59 heavy (non-hydrogen) atoms. The summed E-state index contributed by atoms with van der Waals surface area (Å²) in [5.74, 6) is -0.970. The molecule has 302 valence electrons. The number of hydrogen-bond acceptors (Lipinski definition) is 9. The molecule has 0 saturated carbocycles. The Kier molecular flexibility index (Phi) is 9.94. The molecule has 6 aromatic rings. The van der Waals surface area contributed by atoms with E-state index in [4.69, 9.17) is 9.47 Å². The minimum atomic E-state index is -5.01. The molecule has 2 amide bonds. The summed E-state index contributed by atoms with van der Waals surface area (Å²) in [5.41, 5.74) is -3.15. The first-order valence-electron chi connectivity index (χ1n) is 18.6. The van der Waals surface area contributed by atoms with Gasteiger partial charge in [0.15, 0.2) is 5.82 Å². The van der Waals surface area contributed by atoms with E-state index in [2.05, 4.69) is 15.0 Å². The highest BCUT2D eigenvalue weighted by molar-refractivity contribution is 6.21. The molecule has 0 atom stereocenters. The van der Waals surface area contributed by atoms with Gasteiger partial charge in [0, 0.05) is 38.3 Å². The second kappa shape index (κ2) is 15.1. The second-order valence-corrected chi connectivity index (χ2v) is 14.3. The first-order valence-corrected chi connectivity index (χ1v) is 18.6. The molecule has 0 saturated heterocycles. The van der Waals surface area contributed by atoms with Gasteiger partial charge in [-0.3, -0.25) is 24.3 Å². The number of aromatic amines is 2. The van der Waals surface area contributed by atoms with Crippen molar-refractivity contribution in [1.29, 1.82) is 0 Å². The van der Waals surface area contributed by atoms with E-state index >= 15 is 17.6 Å². The fourth-order valence-corrected chi connectivity index (χ4v) is 7.96. The molecule has 16 heteroatoms. The number of hydrogen-bond donors (Lipinski definition) is 2. The van der Waals surface area contributed by atoms with E-state index < -0.39 is 57.4 Å². The van der Waals surface area contributed by atoms with E-state index in [1.165, 1.54) is 39.3 Å².